The lowest BCUT2D eigenvalue weighted by molar-refractivity contribution is -0.00615. The van der Waals surface area contributed by atoms with Crippen LogP contribution in [0.4, 0.5) is 0 Å². The maximum absolute atomic E-state index is 5.63. The molecule has 4 bridgehead atoms. The minimum absolute atomic E-state index is 0. The zero-order chi connectivity index (χ0) is 12.2. The zero-order valence-electron chi connectivity index (χ0n) is 11.6. The Bertz CT molecular complexity index is 439. The van der Waals surface area contributed by atoms with Crippen molar-refractivity contribution in [2.24, 2.45) is 17.8 Å². The highest BCUT2D eigenvalue weighted by Crippen LogP contribution is 2.61. The molecular weight excluding hydrogens is 324 g/mol. The molecule has 4 aliphatic rings. The average molecular weight is 350 g/mol. The Morgan fingerprint density at radius 3 is 1.95 bits per heavy atom. The topological polar surface area (TPSA) is 9.23 Å². The van der Waals surface area contributed by atoms with E-state index in [4.69, 9.17) is 4.74 Å². The van der Waals surface area contributed by atoms with E-state index in [1.807, 2.05) is 7.11 Å². The molecule has 108 valence electrons. The number of hydrogen-bond acceptors (Lipinski definition) is 1. The summed E-state index contributed by atoms with van der Waals surface area (Å²) in [6, 6.07) is 8.76. The Morgan fingerprint density at radius 1 is 0.950 bits per heavy atom. The smallest absolute Gasteiger partial charge is 0.316 e. The number of ether oxygens (including phenoxy) is 1. The van der Waals surface area contributed by atoms with Gasteiger partial charge in [-0.2, -0.15) is 0 Å². The van der Waals surface area contributed by atoms with Gasteiger partial charge in [0, 0.05) is 5.56 Å². The lowest BCUT2D eigenvalue weighted by Gasteiger charge is -2.57. The zero-order valence-corrected chi connectivity index (χ0v) is 13.3. The maximum atomic E-state index is 5.63. The average Bonchev–Trinajstić information content (AvgIpc) is 2.37. The fourth-order valence-electron chi connectivity index (χ4n) is 5.52. The number of benzene rings is 1. The number of halogens is 1. The molecule has 3 heteroatoms. The molecule has 0 unspecified atom stereocenters. The van der Waals surface area contributed by atoms with Gasteiger partial charge in [-0.25, -0.2) is 0 Å². The summed E-state index contributed by atoms with van der Waals surface area (Å²) < 4.78 is 5.63. The third-order valence-electron chi connectivity index (χ3n) is 5.72. The molecule has 0 amide bonds. The molecule has 1 aromatic carbocycles. The summed E-state index contributed by atoms with van der Waals surface area (Å²) in [5, 5.41) is 0. The predicted molar refractivity (Wildman–Crippen MR) is 91.7 cm³/mol. The lowest BCUT2D eigenvalue weighted by Crippen LogP contribution is -2.48. The van der Waals surface area contributed by atoms with Gasteiger partial charge in [-0.3, -0.25) is 0 Å². The summed E-state index contributed by atoms with van der Waals surface area (Å²) in [5.74, 6) is 4.13. The van der Waals surface area contributed by atoms with Crippen molar-refractivity contribution in [3.05, 3.63) is 29.8 Å². The number of hydrogen-bond donors (Lipinski definition) is 0. The Labute approximate surface area is 148 Å². The van der Waals surface area contributed by atoms with Crippen LogP contribution in [0.1, 0.15) is 44.1 Å². The highest BCUT2D eigenvalue weighted by molar-refractivity contribution is 8.93. The van der Waals surface area contributed by atoms with E-state index in [-0.39, 0.29) is 40.0 Å². The fraction of sp³-hybridized carbons (Fsp3) is 0.647. The summed E-state index contributed by atoms with van der Waals surface area (Å²) in [6.07, 6.45) is 8.77. The van der Waals surface area contributed by atoms with E-state index in [2.05, 4.69) is 24.3 Å². The first-order valence-corrected chi connectivity index (χ1v) is 7.42. The molecular formula is C17H25BrMgO. The van der Waals surface area contributed by atoms with Gasteiger partial charge in [-0.15, -0.1) is 17.0 Å². The van der Waals surface area contributed by atoms with Gasteiger partial charge in [0.25, 0.3) is 0 Å². The summed E-state index contributed by atoms with van der Waals surface area (Å²) in [4.78, 5) is 0. The van der Waals surface area contributed by atoms with Gasteiger partial charge in [0.15, 0.2) is 0 Å². The Kier molecular flexibility index (Phi) is 5.14. The van der Waals surface area contributed by atoms with Crippen LogP contribution in [0, 0.1) is 17.8 Å². The van der Waals surface area contributed by atoms with Gasteiger partial charge in [0.2, 0.25) is 0 Å². The molecule has 0 heterocycles. The molecule has 0 aromatic heterocycles. The third-order valence-corrected chi connectivity index (χ3v) is 5.72. The molecule has 1 nitrogen and oxygen atoms in total. The Morgan fingerprint density at radius 2 is 1.45 bits per heavy atom. The standard InChI is InChI=1S/C17H22O.BrH.Mg.2H/c1-18-16-5-3-2-4-15(16)17-9-12-6-13(10-17)8-14(7-12)11-17;;;;/h2-5,12-14H,6-11H2,1H3;1H;;;. The Balaban J connectivity index is 0.000000735. The van der Waals surface area contributed by atoms with Crippen LogP contribution in [0.3, 0.4) is 0 Å². The molecule has 4 fully saturated rings. The summed E-state index contributed by atoms with van der Waals surface area (Å²) >= 11 is 0. The summed E-state index contributed by atoms with van der Waals surface area (Å²) in [5.41, 5.74) is 1.97. The lowest BCUT2D eigenvalue weighted by atomic mass is 9.48. The first kappa shape index (κ1) is 16.6. The van der Waals surface area contributed by atoms with Crippen LogP contribution >= 0.6 is 17.0 Å². The molecule has 0 atom stereocenters. The first-order valence-electron chi connectivity index (χ1n) is 7.42. The highest BCUT2D eigenvalue weighted by atomic mass is 79.9. The van der Waals surface area contributed by atoms with Crippen LogP contribution in [0.5, 0.6) is 5.75 Å². The van der Waals surface area contributed by atoms with E-state index in [0.717, 1.165) is 23.5 Å². The second kappa shape index (κ2) is 6.17. The second-order valence-electron chi connectivity index (χ2n) is 6.90. The van der Waals surface area contributed by atoms with Gasteiger partial charge in [-0.05, 0) is 67.8 Å². The van der Waals surface area contributed by atoms with E-state index < -0.39 is 0 Å². The van der Waals surface area contributed by atoms with Gasteiger partial charge in [0.05, 0.1) is 7.11 Å². The SMILES string of the molecule is Br.COc1ccccc1C12CC3CC(CC(C3)C1)C2.[MgH2]. The second-order valence-corrected chi connectivity index (χ2v) is 6.90. The van der Waals surface area contributed by atoms with E-state index >= 15 is 0 Å². The van der Waals surface area contributed by atoms with Crippen molar-refractivity contribution in [3.8, 4) is 5.75 Å². The van der Waals surface area contributed by atoms with Crippen LogP contribution < -0.4 is 4.74 Å². The van der Waals surface area contributed by atoms with Gasteiger partial charge in [-0.1, -0.05) is 18.2 Å². The van der Waals surface area contributed by atoms with Crippen LogP contribution in [-0.4, -0.2) is 30.2 Å². The molecule has 0 spiro atoms. The Hall–Kier alpha value is 0.266. The van der Waals surface area contributed by atoms with Crippen molar-refractivity contribution < 1.29 is 4.74 Å². The van der Waals surface area contributed by atoms with Gasteiger partial charge >= 0.3 is 23.1 Å². The van der Waals surface area contributed by atoms with Crippen molar-refractivity contribution in [1.29, 1.82) is 0 Å². The van der Waals surface area contributed by atoms with Crippen LogP contribution in [0.25, 0.3) is 0 Å². The largest absolute Gasteiger partial charge is 0.496 e. The quantitative estimate of drug-likeness (QED) is 0.738. The minimum Gasteiger partial charge on any atom is -0.496 e. The van der Waals surface area contributed by atoms with Gasteiger partial charge < -0.3 is 4.74 Å². The summed E-state index contributed by atoms with van der Waals surface area (Å²) in [6.45, 7) is 0. The number of methoxy groups -OCH3 is 1. The normalized spacial score (nSPS) is 37.0. The molecule has 5 rings (SSSR count). The van der Waals surface area contributed by atoms with Crippen molar-refractivity contribution >= 4 is 40.0 Å². The van der Waals surface area contributed by atoms with E-state index in [1.165, 1.54) is 44.1 Å². The van der Waals surface area contributed by atoms with E-state index in [9.17, 15) is 0 Å². The third kappa shape index (κ3) is 2.54. The van der Waals surface area contributed by atoms with Crippen LogP contribution in [0.15, 0.2) is 24.3 Å². The molecule has 20 heavy (non-hydrogen) atoms. The molecule has 0 aliphatic heterocycles. The van der Waals surface area contributed by atoms with Crippen molar-refractivity contribution in [2.45, 2.75) is 43.9 Å². The van der Waals surface area contributed by atoms with Crippen molar-refractivity contribution in [1.82, 2.24) is 0 Å². The minimum atomic E-state index is 0. The van der Waals surface area contributed by atoms with Crippen molar-refractivity contribution in [2.75, 3.05) is 7.11 Å². The molecule has 0 N–H and O–H groups in total. The maximum Gasteiger partial charge on any atom is 0.316 e. The van der Waals surface area contributed by atoms with Gasteiger partial charge in [0.1, 0.15) is 5.75 Å². The van der Waals surface area contributed by atoms with Crippen LogP contribution in [-0.2, 0) is 5.41 Å². The fourth-order valence-corrected chi connectivity index (χ4v) is 5.52. The number of rotatable bonds is 2. The summed E-state index contributed by atoms with van der Waals surface area (Å²) in [7, 11) is 1.82. The van der Waals surface area contributed by atoms with E-state index in [1.54, 1.807) is 0 Å². The van der Waals surface area contributed by atoms with Crippen molar-refractivity contribution in [3.63, 3.8) is 0 Å². The molecule has 4 saturated carbocycles. The van der Waals surface area contributed by atoms with E-state index in [0.29, 0.717) is 5.41 Å². The molecule has 1 aromatic rings. The van der Waals surface area contributed by atoms with Crippen LogP contribution in [0.2, 0.25) is 0 Å². The first-order chi connectivity index (χ1) is 8.79. The predicted octanol–water partition coefficient (Wildman–Crippen LogP) is 3.82. The molecule has 4 aliphatic carbocycles. The highest BCUT2D eigenvalue weighted by Gasteiger charge is 2.52. The monoisotopic (exact) mass is 348 g/mol. The number of para-hydroxylation sites is 1. The molecule has 0 radical (unpaired) electrons. The molecule has 0 saturated heterocycles.